The number of halogens is 3. The van der Waals surface area contributed by atoms with Gasteiger partial charge >= 0.3 is 0 Å². The number of benzene rings is 1. The van der Waals surface area contributed by atoms with Crippen LogP contribution in [0.25, 0.3) is 0 Å². The summed E-state index contributed by atoms with van der Waals surface area (Å²) in [6.45, 7) is 0. The van der Waals surface area contributed by atoms with Gasteiger partial charge in [-0.2, -0.15) is 0 Å². The second-order valence-corrected chi connectivity index (χ2v) is 3.53. The molecule has 0 heterocycles. The summed E-state index contributed by atoms with van der Waals surface area (Å²) in [5.74, 6) is 0. The molecule has 0 aliphatic rings. The molecule has 0 saturated heterocycles. The van der Waals surface area contributed by atoms with Crippen LogP contribution in [0.3, 0.4) is 0 Å². The van der Waals surface area contributed by atoms with Crippen molar-refractivity contribution in [2.24, 2.45) is 5.73 Å². The first-order valence-electron chi connectivity index (χ1n) is 2.98. The predicted octanol–water partition coefficient (Wildman–Crippen LogP) is 2.79. The number of hydrogen-bond donors (Lipinski definition) is 2. The van der Waals surface area contributed by atoms with Crippen molar-refractivity contribution >= 4 is 50.0 Å². The van der Waals surface area contributed by atoms with Gasteiger partial charge in [-0.25, -0.2) is 0 Å². The Morgan fingerprint density at radius 2 is 1.33 bits per heavy atom. The Hall–Kier alpha value is 0.230. The van der Waals surface area contributed by atoms with Crippen molar-refractivity contribution in [1.82, 2.24) is 0 Å². The highest BCUT2D eigenvalue weighted by molar-refractivity contribution is 9.11. The lowest BCUT2D eigenvalue weighted by atomic mass is 10.3. The molecule has 4 N–H and O–H groups in total. The molecule has 2 nitrogen and oxygen atoms in total. The van der Waals surface area contributed by atoms with Crippen molar-refractivity contribution in [3.8, 4) is 0 Å². The average molecular weight is 318 g/mol. The standard InChI is InChI=1S/C6H5Br2N.CH5N.ClH/c7-4-1-5(8)3-6(9)2-4;1-2;/h1-3H,9H2;2H2,1H3;1H. The Balaban J connectivity index is 0. The van der Waals surface area contributed by atoms with Gasteiger partial charge in [-0.05, 0) is 25.2 Å². The summed E-state index contributed by atoms with van der Waals surface area (Å²) >= 11 is 6.61. The molecule has 0 aliphatic carbocycles. The van der Waals surface area contributed by atoms with Crippen molar-refractivity contribution in [3.63, 3.8) is 0 Å². The Morgan fingerprint density at radius 3 is 1.58 bits per heavy atom. The largest absolute Gasteiger partial charge is 0.399 e. The highest BCUT2D eigenvalue weighted by atomic mass is 79.9. The highest BCUT2D eigenvalue weighted by Crippen LogP contribution is 2.20. The van der Waals surface area contributed by atoms with Crippen molar-refractivity contribution in [1.29, 1.82) is 0 Å². The molecule has 12 heavy (non-hydrogen) atoms. The zero-order valence-corrected chi connectivity index (χ0v) is 10.5. The molecule has 1 rings (SSSR count). The first-order chi connectivity index (χ1) is 5.18. The lowest BCUT2D eigenvalue weighted by molar-refractivity contribution is 1.48. The minimum Gasteiger partial charge on any atom is -0.399 e. The van der Waals surface area contributed by atoms with Crippen LogP contribution >= 0.6 is 44.3 Å². The minimum atomic E-state index is 0. The second-order valence-electron chi connectivity index (χ2n) is 1.70. The molecule has 0 aromatic heterocycles. The van der Waals surface area contributed by atoms with E-state index >= 15 is 0 Å². The van der Waals surface area contributed by atoms with Crippen LogP contribution < -0.4 is 11.5 Å². The lowest BCUT2D eigenvalue weighted by Gasteiger charge is -1.94. The Bertz CT molecular complexity index is 180. The van der Waals surface area contributed by atoms with Crippen LogP contribution in [-0.4, -0.2) is 7.05 Å². The van der Waals surface area contributed by atoms with Gasteiger partial charge in [-0.15, -0.1) is 12.4 Å². The second kappa shape index (κ2) is 7.86. The molecule has 0 spiro atoms. The van der Waals surface area contributed by atoms with Crippen molar-refractivity contribution in [2.45, 2.75) is 0 Å². The molecule has 5 heteroatoms. The summed E-state index contributed by atoms with van der Waals surface area (Å²) in [6, 6.07) is 5.64. The minimum absolute atomic E-state index is 0. The van der Waals surface area contributed by atoms with Gasteiger partial charge in [0, 0.05) is 14.6 Å². The Kier molecular flexibility index (Phi) is 9.65. The Morgan fingerprint density at radius 1 is 1.00 bits per heavy atom. The summed E-state index contributed by atoms with van der Waals surface area (Å²) in [7, 11) is 1.50. The van der Waals surface area contributed by atoms with E-state index in [0.717, 1.165) is 14.6 Å². The van der Waals surface area contributed by atoms with Gasteiger partial charge in [0.15, 0.2) is 0 Å². The smallest absolute Gasteiger partial charge is 0.0336 e. The van der Waals surface area contributed by atoms with Crippen LogP contribution in [0, 0.1) is 0 Å². The Labute approximate surface area is 95.4 Å². The topological polar surface area (TPSA) is 52.0 Å². The maximum atomic E-state index is 5.50. The SMILES string of the molecule is CN.Cl.Nc1cc(Br)cc(Br)c1. The molecule has 1 aromatic carbocycles. The van der Waals surface area contributed by atoms with E-state index in [2.05, 4.69) is 37.6 Å². The monoisotopic (exact) mass is 316 g/mol. The predicted molar refractivity (Wildman–Crippen MR) is 63.6 cm³/mol. The molecular weight excluding hydrogens is 307 g/mol. The summed E-state index contributed by atoms with van der Waals surface area (Å²) < 4.78 is 1.99. The fourth-order valence-corrected chi connectivity index (χ4v) is 1.90. The lowest BCUT2D eigenvalue weighted by Crippen LogP contribution is -1.82. The van der Waals surface area contributed by atoms with Crippen molar-refractivity contribution < 1.29 is 0 Å². The van der Waals surface area contributed by atoms with Crippen LogP contribution in [0.4, 0.5) is 5.69 Å². The van der Waals surface area contributed by atoms with Gasteiger partial charge in [0.05, 0.1) is 0 Å². The van der Waals surface area contributed by atoms with Crippen LogP contribution in [0.1, 0.15) is 0 Å². The molecule has 0 amide bonds. The zero-order chi connectivity index (χ0) is 8.85. The molecule has 0 aliphatic heterocycles. The van der Waals surface area contributed by atoms with E-state index in [1.54, 1.807) is 0 Å². The quantitative estimate of drug-likeness (QED) is 0.723. The molecule has 0 fully saturated rings. The maximum absolute atomic E-state index is 5.50. The van der Waals surface area contributed by atoms with E-state index in [0.29, 0.717) is 0 Å². The van der Waals surface area contributed by atoms with Gasteiger partial charge in [0.25, 0.3) is 0 Å². The normalized spacial score (nSPS) is 7.67. The van der Waals surface area contributed by atoms with Gasteiger partial charge in [0.1, 0.15) is 0 Å². The number of anilines is 1. The highest BCUT2D eigenvalue weighted by Gasteiger charge is 1.90. The first kappa shape index (κ1) is 14.7. The fraction of sp³-hybridized carbons (Fsp3) is 0.143. The maximum Gasteiger partial charge on any atom is 0.0336 e. The van der Waals surface area contributed by atoms with Crippen molar-refractivity contribution in [3.05, 3.63) is 27.1 Å². The van der Waals surface area contributed by atoms with E-state index in [-0.39, 0.29) is 12.4 Å². The van der Waals surface area contributed by atoms with Crippen LogP contribution in [0.15, 0.2) is 27.1 Å². The summed E-state index contributed by atoms with van der Waals surface area (Å²) in [5, 5.41) is 0. The molecular formula is C7H11Br2ClN2. The average Bonchev–Trinajstić information content (AvgIpc) is 1.88. The molecule has 70 valence electrons. The first-order valence-corrected chi connectivity index (χ1v) is 4.56. The molecule has 1 aromatic rings. The van der Waals surface area contributed by atoms with Gasteiger partial charge < -0.3 is 11.5 Å². The van der Waals surface area contributed by atoms with E-state index in [1.165, 1.54) is 7.05 Å². The summed E-state index contributed by atoms with van der Waals surface area (Å²) in [5.41, 5.74) is 10.8. The number of nitrogens with two attached hydrogens (primary N) is 2. The number of rotatable bonds is 0. The van der Waals surface area contributed by atoms with Gasteiger partial charge in [-0.1, -0.05) is 31.9 Å². The van der Waals surface area contributed by atoms with Crippen LogP contribution in [0.2, 0.25) is 0 Å². The fourth-order valence-electron chi connectivity index (χ4n) is 0.575. The van der Waals surface area contributed by atoms with Crippen molar-refractivity contribution in [2.75, 3.05) is 12.8 Å². The number of nitrogen functional groups attached to an aromatic ring is 1. The third-order valence-electron chi connectivity index (χ3n) is 0.885. The van der Waals surface area contributed by atoms with Crippen LogP contribution in [0.5, 0.6) is 0 Å². The molecule has 0 unspecified atom stereocenters. The van der Waals surface area contributed by atoms with Gasteiger partial charge in [0.2, 0.25) is 0 Å². The number of hydrogen-bond acceptors (Lipinski definition) is 2. The third kappa shape index (κ3) is 5.83. The molecule has 0 bridgehead atoms. The molecule has 0 radical (unpaired) electrons. The van der Waals surface area contributed by atoms with E-state index in [9.17, 15) is 0 Å². The van der Waals surface area contributed by atoms with E-state index in [4.69, 9.17) is 5.73 Å². The summed E-state index contributed by atoms with van der Waals surface area (Å²) in [6.07, 6.45) is 0. The van der Waals surface area contributed by atoms with Gasteiger partial charge in [-0.3, -0.25) is 0 Å². The molecule has 0 saturated carbocycles. The van der Waals surface area contributed by atoms with E-state index in [1.807, 2.05) is 18.2 Å². The van der Waals surface area contributed by atoms with Crippen LogP contribution in [-0.2, 0) is 0 Å². The molecule has 0 atom stereocenters. The zero-order valence-electron chi connectivity index (χ0n) is 6.55. The summed E-state index contributed by atoms with van der Waals surface area (Å²) in [4.78, 5) is 0. The third-order valence-corrected chi connectivity index (χ3v) is 1.80. The van der Waals surface area contributed by atoms with E-state index < -0.39 is 0 Å².